The topological polar surface area (TPSA) is 49.5 Å². The molecule has 2 unspecified atom stereocenters. The molecule has 1 heterocycles. The highest BCUT2D eigenvalue weighted by atomic mass is 16.3. The lowest BCUT2D eigenvalue weighted by Crippen LogP contribution is -2.56. The van der Waals surface area contributed by atoms with E-state index in [0.717, 1.165) is 13.0 Å². The quantitative estimate of drug-likeness (QED) is 0.548. The molecule has 0 spiro atoms. The van der Waals surface area contributed by atoms with Gasteiger partial charge in [0.2, 0.25) is 0 Å². The van der Waals surface area contributed by atoms with Crippen LogP contribution in [0, 0.1) is 0 Å². The van der Waals surface area contributed by atoms with Gasteiger partial charge in [0.05, 0.1) is 6.10 Å². The van der Waals surface area contributed by atoms with Crippen molar-refractivity contribution in [3.05, 3.63) is 0 Å². The Hall–Kier alpha value is -0.120. The van der Waals surface area contributed by atoms with Crippen LogP contribution in [0.25, 0.3) is 0 Å². The summed E-state index contributed by atoms with van der Waals surface area (Å²) < 4.78 is 0. The summed E-state index contributed by atoms with van der Waals surface area (Å²) in [5.41, 5.74) is 5.86. The second-order valence-corrected chi connectivity index (χ2v) is 4.64. The SMILES string of the molecule is CC(C)(C)N1CCC(N)C(O)C1. The van der Waals surface area contributed by atoms with Gasteiger partial charge >= 0.3 is 0 Å². The predicted octanol–water partition coefficient (Wildman–Crippen LogP) is 0.179. The van der Waals surface area contributed by atoms with E-state index in [1.807, 2.05) is 0 Å². The molecule has 3 nitrogen and oxygen atoms in total. The van der Waals surface area contributed by atoms with Crippen LogP contribution >= 0.6 is 0 Å². The van der Waals surface area contributed by atoms with Gasteiger partial charge in [-0.15, -0.1) is 0 Å². The molecule has 0 saturated carbocycles. The first-order valence-corrected chi connectivity index (χ1v) is 4.60. The van der Waals surface area contributed by atoms with Crippen LogP contribution in [0.2, 0.25) is 0 Å². The van der Waals surface area contributed by atoms with Crippen LogP contribution in [-0.2, 0) is 0 Å². The summed E-state index contributed by atoms with van der Waals surface area (Å²) in [7, 11) is 0. The third-order valence-corrected chi connectivity index (χ3v) is 2.58. The molecule has 2 atom stereocenters. The summed E-state index contributed by atoms with van der Waals surface area (Å²) in [4.78, 5) is 2.28. The first-order chi connectivity index (χ1) is 5.41. The Morgan fingerprint density at radius 3 is 2.42 bits per heavy atom. The van der Waals surface area contributed by atoms with Crippen molar-refractivity contribution in [1.82, 2.24) is 4.90 Å². The van der Waals surface area contributed by atoms with E-state index in [4.69, 9.17) is 5.73 Å². The Bertz CT molecular complexity index is 153. The number of likely N-dealkylation sites (tertiary alicyclic amines) is 1. The van der Waals surface area contributed by atoms with Crippen LogP contribution < -0.4 is 5.73 Å². The Morgan fingerprint density at radius 1 is 1.42 bits per heavy atom. The van der Waals surface area contributed by atoms with Gasteiger partial charge in [-0.1, -0.05) is 0 Å². The molecule has 0 aromatic heterocycles. The van der Waals surface area contributed by atoms with E-state index in [1.54, 1.807) is 0 Å². The Labute approximate surface area is 74.5 Å². The number of piperidine rings is 1. The molecule has 3 N–H and O–H groups in total. The van der Waals surface area contributed by atoms with Crippen LogP contribution in [0.15, 0.2) is 0 Å². The van der Waals surface area contributed by atoms with Gasteiger partial charge in [-0.25, -0.2) is 0 Å². The normalized spacial score (nSPS) is 33.8. The average molecular weight is 172 g/mol. The van der Waals surface area contributed by atoms with Gasteiger partial charge in [-0.05, 0) is 27.2 Å². The summed E-state index contributed by atoms with van der Waals surface area (Å²) in [5.74, 6) is 0. The van der Waals surface area contributed by atoms with E-state index in [9.17, 15) is 5.11 Å². The molecule has 1 saturated heterocycles. The molecule has 3 heteroatoms. The molecule has 0 aliphatic carbocycles. The Kier molecular flexibility index (Phi) is 2.76. The van der Waals surface area contributed by atoms with E-state index in [1.165, 1.54) is 0 Å². The molecular formula is C9H20N2O. The van der Waals surface area contributed by atoms with Crippen molar-refractivity contribution in [3.8, 4) is 0 Å². The summed E-state index contributed by atoms with van der Waals surface area (Å²) >= 11 is 0. The monoisotopic (exact) mass is 172 g/mol. The summed E-state index contributed by atoms with van der Waals surface area (Å²) in [6, 6.07) is -0.0244. The number of nitrogens with two attached hydrogens (primary N) is 1. The lowest BCUT2D eigenvalue weighted by atomic mass is 9.97. The van der Waals surface area contributed by atoms with Gasteiger partial charge in [0.15, 0.2) is 0 Å². The third-order valence-electron chi connectivity index (χ3n) is 2.58. The predicted molar refractivity (Wildman–Crippen MR) is 49.9 cm³/mol. The zero-order valence-corrected chi connectivity index (χ0v) is 8.25. The van der Waals surface area contributed by atoms with Gasteiger partial charge in [0.25, 0.3) is 0 Å². The number of hydrogen-bond donors (Lipinski definition) is 2. The van der Waals surface area contributed by atoms with Gasteiger partial charge in [0.1, 0.15) is 0 Å². The largest absolute Gasteiger partial charge is 0.390 e. The van der Waals surface area contributed by atoms with Gasteiger partial charge in [-0.2, -0.15) is 0 Å². The third kappa shape index (κ3) is 2.19. The molecular weight excluding hydrogens is 152 g/mol. The van der Waals surface area contributed by atoms with E-state index >= 15 is 0 Å². The number of rotatable bonds is 0. The van der Waals surface area contributed by atoms with Crippen LogP contribution in [0.4, 0.5) is 0 Å². The lowest BCUT2D eigenvalue weighted by Gasteiger charge is -2.42. The number of β-amino-alcohol motifs (C(OH)–C–C–N with tert-alkyl or cyclic N) is 1. The molecule has 0 aromatic carbocycles. The van der Waals surface area contributed by atoms with Crippen LogP contribution in [0.1, 0.15) is 27.2 Å². The first kappa shape index (κ1) is 9.96. The average Bonchev–Trinajstić information content (AvgIpc) is 1.92. The van der Waals surface area contributed by atoms with Crippen molar-refractivity contribution in [3.63, 3.8) is 0 Å². The van der Waals surface area contributed by atoms with Gasteiger partial charge in [0, 0.05) is 24.7 Å². The zero-order valence-electron chi connectivity index (χ0n) is 8.25. The van der Waals surface area contributed by atoms with Crippen molar-refractivity contribution in [1.29, 1.82) is 0 Å². The van der Waals surface area contributed by atoms with Crippen molar-refractivity contribution >= 4 is 0 Å². The van der Waals surface area contributed by atoms with Crippen molar-refractivity contribution in [2.75, 3.05) is 13.1 Å². The number of aliphatic hydroxyl groups excluding tert-OH is 1. The number of hydrogen-bond acceptors (Lipinski definition) is 3. The minimum absolute atomic E-state index is 0.0244. The number of nitrogens with zero attached hydrogens (tertiary/aromatic N) is 1. The molecule has 12 heavy (non-hydrogen) atoms. The molecule has 1 fully saturated rings. The van der Waals surface area contributed by atoms with Crippen molar-refractivity contribution in [2.24, 2.45) is 5.73 Å². The maximum atomic E-state index is 9.54. The van der Waals surface area contributed by atoms with E-state index in [0.29, 0.717) is 6.54 Å². The highest BCUT2D eigenvalue weighted by Gasteiger charge is 2.30. The Morgan fingerprint density at radius 2 is 2.00 bits per heavy atom. The molecule has 0 aromatic rings. The maximum absolute atomic E-state index is 9.54. The molecule has 72 valence electrons. The van der Waals surface area contributed by atoms with Gasteiger partial charge in [-0.3, -0.25) is 4.90 Å². The van der Waals surface area contributed by atoms with Crippen LogP contribution in [-0.4, -0.2) is 40.8 Å². The Balaban J connectivity index is 2.51. The lowest BCUT2D eigenvalue weighted by molar-refractivity contribution is 0.00994. The molecule has 1 rings (SSSR count). The summed E-state index contributed by atoms with van der Waals surface area (Å²) in [5, 5.41) is 9.54. The highest BCUT2D eigenvalue weighted by Crippen LogP contribution is 2.19. The molecule has 1 aliphatic heterocycles. The minimum atomic E-state index is -0.349. The van der Waals surface area contributed by atoms with E-state index in [2.05, 4.69) is 25.7 Å². The van der Waals surface area contributed by atoms with E-state index in [-0.39, 0.29) is 17.7 Å². The van der Waals surface area contributed by atoms with Crippen LogP contribution in [0.5, 0.6) is 0 Å². The minimum Gasteiger partial charge on any atom is -0.390 e. The molecule has 0 bridgehead atoms. The summed E-state index contributed by atoms with van der Waals surface area (Å²) in [6.45, 7) is 8.20. The fraction of sp³-hybridized carbons (Fsp3) is 1.00. The second kappa shape index (κ2) is 3.32. The maximum Gasteiger partial charge on any atom is 0.0818 e. The fourth-order valence-electron chi connectivity index (χ4n) is 1.56. The molecule has 0 amide bonds. The zero-order chi connectivity index (χ0) is 9.35. The first-order valence-electron chi connectivity index (χ1n) is 4.60. The molecule has 0 radical (unpaired) electrons. The fourth-order valence-corrected chi connectivity index (χ4v) is 1.56. The van der Waals surface area contributed by atoms with E-state index < -0.39 is 0 Å². The van der Waals surface area contributed by atoms with Crippen molar-refractivity contribution in [2.45, 2.75) is 44.9 Å². The molecule has 1 aliphatic rings. The van der Waals surface area contributed by atoms with Crippen LogP contribution in [0.3, 0.4) is 0 Å². The standard InChI is InChI=1S/C9H20N2O/c1-9(2,3)11-5-4-7(10)8(12)6-11/h7-8,12H,4-6,10H2,1-3H3. The van der Waals surface area contributed by atoms with Gasteiger partial charge < -0.3 is 10.8 Å². The second-order valence-electron chi connectivity index (χ2n) is 4.64. The highest BCUT2D eigenvalue weighted by molar-refractivity contribution is 4.88. The number of aliphatic hydroxyl groups is 1. The smallest absolute Gasteiger partial charge is 0.0818 e. The van der Waals surface area contributed by atoms with Crippen molar-refractivity contribution < 1.29 is 5.11 Å². The summed E-state index contributed by atoms with van der Waals surface area (Å²) in [6.07, 6.45) is 0.552.